The quantitative estimate of drug-likeness (QED) is 0.510. The number of rotatable bonds is 4. The highest BCUT2D eigenvalue weighted by molar-refractivity contribution is 6.30. The fourth-order valence-electron chi connectivity index (χ4n) is 1.81. The molecule has 0 nitrogen and oxygen atoms in total. The van der Waals surface area contributed by atoms with E-state index in [0.717, 1.165) is 17.0 Å². The molecule has 0 heterocycles. The average molecular weight is 277 g/mol. The molecule has 2 rings (SSSR count). The average Bonchev–Trinajstić information content (AvgIpc) is 2.42. The molecular weight excluding hydrogens is 263 g/mol. The maximum absolute atomic E-state index is 5.88. The zero-order valence-corrected chi connectivity index (χ0v) is 11.5. The second kappa shape index (κ2) is 6.63. The van der Waals surface area contributed by atoms with Gasteiger partial charge in [-0.3, -0.25) is 0 Å². The summed E-state index contributed by atoms with van der Waals surface area (Å²) in [4.78, 5) is 0. The van der Waals surface area contributed by atoms with Crippen molar-refractivity contribution in [3.05, 3.63) is 70.7 Å². The molecular formula is C16H14Cl2. The van der Waals surface area contributed by atoms with Crippen molar-refractivity contribution < 1.29 is 0 Å². The predicted octanol–water partition coefficient (Wildman–Crippen LogP) is 5.51. The van der Waals surface area contributed by atoms with Crippen LogP contribution in [0.25, 0.3) is 11.6 Å². The summed E-state index contributed by atoms with van der Waals surface area (Å²) in [6, 6.07) is 18.1. The fourth-order valence-corrected chi connectivity index (χ4v) is 2.14. The molecule has 0 saturated heterocycles. The first-order valence-corrected chi connectivity index (χ1v) is 6.78. The van der Waals surface area contributed by atoms with Crippen LogP contribution < -0.4 is 0 Å². The number of allylic oxidation sites excluding steroid dienone is 1. The van der Waals surface area contributed by atoms with Gasteiger partial charge in [0.05, 0.1) is 0 Å². The van der Waals surface area contributed by atoms with Gasteiger partial charge < -0.3 is 0 Å². The van der Waals surface area contributed by atoms with Crippen LogP contribution in [-0.2, 0) is 0 Å². The molecule has 0 atom stereocenters. The second-order valence-corrected chi connectivity index (χ2v) is 4.84. The van der Waals surface area contributed by atoms with Gasteiger partial charge in [0.25, 0.3) is 0 Å². The first-order chi connectivity index (χ1) is 8.79. The highest BCUT2D eigenvalue weighted by Crippen LogP contribution is 2.22. The second-order valence-electron chi connectivity index (χ2n) is 4.03. The van der Waals surface area contributed by atoms with E-state index in [1.807, 2.05) is 42.5 Å². The van der Waals surface area contributed by atoms with Crippen molar-refractivity contribution in [3.63, 3.8) is 0 Å². The predicted molar refractivity (Wildman–Crippen MR) is 81.1 cm³/mol. The first kappa shape index (κ1) is 13.2. The van der Waals surface area contributed by atoms with E-state index in [0.29, 0.717) is 5.88 Å². The number of halogens is 2. The van der Waals surface area contributed by atoms with Crippen LogP contribution >= 0.6 is 23.2 Å². The van der Waals surface area contributed by atoms with Gasteiger partial charge >= 0.3 is 0 Å². The highest BCUT2D eigenvalue weighted by atomic mass is 35.5. The molecule has 0 aliphatic carbocycles. The standard InChI is InChI=1S/C16H14Cl2/c17-11-10-15(14-4-2-1-3-5-14)12-13-6-8-16(18)9-7-13/h1-9,12H,10-11H2/b15-12+. The lowest BCUT2D eigenvalue weighted by Crippen LogP contribution is -1.86. The number of hydrogen-bond donors (Lipinski definition) is 0. The van der Waals surface area contributed by atoms with Gasteiger partial charge in [0.2, 0.25) is 0 Å². The van der Waals surface area contributed by atoms with Crippen molar-refractivity contribution in [3.8, 4) is 0 Å². The Morgan fingerprint density at radius 2 is 1.61 bits per heavy atom. The Hall–Kier alpha value is -1.24. The van der Waals surface area contributed by atoms with Crippen LogP contribution in [0.1, 0.15) is 17.5 Å². The van der Waals surface area contributed by atoms with E-state index in [9.17, 15) is 0 Å². The molecule has 0 aromatic heterocycles. The summed E-state index contributed by atoms with van der Waals surface area (Å²) in [7, 11) is 0. The lowest BCUT2D eigenvalue weighted by atomic mass is 10.0. The molecule has 18 heavy (non-hydrogen) atoms. The lowest BCUT2D eigenvalue weighted by molar-refractivity contribution is 1.26. The monoisotopic (exact) mass is 276 g/mol. The molecule has 0 saturated carbocycles. The van der Waals surface area contributed by atoms with Gasteiger partial charge in [0.1, 0.15) is 0 Å². The maximum atomic E-state index is 5.88. The van der Waals surface area contributed by atoms with Gasteiger partial charge in [0, 0.05) is 10.9 Å². The van der Waals surface area contributed by atoms with Crippen LogP contribution in [0.15, 0.2) is 54.6 Å². The summed E-state index contributed by atoms with van der Waals surface area (Å²) in [6.07, 6.45) is 3.02. The summed E-state index contributed by atoms with van der Waals surface area (Å²) in [5.41, 5.74) is 3.60. The third-order valence-corrected chi connectivity index (χ3v) is 3.16. The molecule has 0 fully saturated rings. The van der Waals surface area contributed by atoms with E-state index in [1.165, 1.54) is 11.1 Å². The smallest absolute Gasteiger partial charge is 0.0406 e. The Morgan fingerprint density at radius 1 is 0.944 bits per heavy atom. The minimum Gasteiger partial charge on any atom is -0.126 e. The third-order valence-electron chi connectivity index (χ3n) is 2.72. The van der Waals surface area contributed by atoms with Crippen LogP contribution in [0.5, 0.6) is 0 Å². The maximum Gasteiger partial charge on any atom is 0.0406 e. The van der Waals surface area contributed by atoms with Gasteiger partial charge in [-0.25, -0.2) is 0 Å². The summed E-state index contributed by atoms with van der Waals surface area (Å²) in [6.45, 7) is 0. The van der Waals surface area contributed by atoms with E-state index in [1.54, 1.807) is 0 Å². The summed E-state index contributed by atoms with van der Waals surface area (Å²) >= 11 is 11.8. The van der Waals surface area contributed by atoms with Crippen molar-refractivity contribution >= 4 is 34.9 Å². The Morgan fingerprint density at radius 3 is 2.22 bits per heavy atom. The molecule has 2 aromatic carbocycles. The van der Waals surface area contributed by atoms with Crippen molar-refractivity contribution in [2.45, 2.75) is 6.42 Å². The van der Waals surface area contributed by atoms with Crippen LogP contribution in [0, 0.1) is 0 Å². The molecule has 0 aliphatic rings. The molecule has 0 bridgehead atoms. The molecule has 0 amide bonds. The van der Waals surface area contributed by atoms with Crippen molar-refractivity contribution in [2.75, 3.05) is 5.88 Å². The topological polar surface area (TPSA) is 0 Å². The Balaban J connectivity index is 2.33. The molecule has 2 heteroatoms. The number of hydrogen-bond acceptors (Lipinski definition) is 0. The molecule has 2 aromatic rings. The van der Waals surface area contributed by atoms with Gasteiger partial charge in [0.15, 0.2) is 0 Å². The van der Waals surface area contributed by atoms with E-state index in [-0.39, 0.29) is 0 Å². The molecule has 0 unspecified atom stereocenters. The normalized spacial score (nSPS) is 11.6. The largest absolute Gasteiger partial charge is 0.126 e. The lowest BCUT2D eigenvalue weighted by Gasteiger charge is -2.06. The van der Waals surface area contributed by atoms with Gasteiger partial charge in [-0.05, 0) is 35.3 Å². The fraction of sp³-hybridized carbons (Fsp3) is 0.125. The SMILES string of the molecule is ClCC/C(=C\c1ccc(Cl)cc1)c1ccccc1. The molecule has 0 radical (unpaired) electrons. The van der Waals surface area contributed by atoms with Crippen LogP contribution in [0.2, 0.25) is 5.02 Å². The summed E-state index contributed by atoms with van der Waals surface area (Å²) < 4.78 is 0. The van der Waals surface area contributed by atoms with E-state index in [2.05, 4.69) is 18.2 Å². The van der Waals surface area contributed by atoms with Crippen LogP contribution in [0.3, 0.4) is 0 Å². The Kier molecular flexibility index (Phi) is 4.86. The summed E-state index contributed by atoms with van der Waals surface area (Å²) in [5.74, 6) is 0.619. The van der Waals surface area contributed by atoms with Gasteiger partial charge in [-0.1, -0.05) is 60.1 Å². The van der Waals surface area contributed by atoms with Crippen LogP contribution in [0.4, 0.5) is 0 Å². The van der Waals surface area contributed by atoms with E-state index < -0.39 is 0 Å². The number of benzene rings is 2. The molecule has 0 aliphatic heterocycles. The molecule has 0 N–H and O–H groups in total. The minimum atomic E-state index is 0.619. The Labute approximate surface area is 118 Å². The number of alkyl halides is 1. The first-order valence-electron chi connectivity index (χ1n) is 5.87. The zero-order chi connectivity index (χ0) is 12.8. The zero-order valence-electron chi connectivity index (χ0n) is 9.94. The van der Waals surface area contributed by atoms with Crippen molar-refractivity contribution in [1.82, 2.24) is 0 Å². The Bertz CT molecular complexity index is 513. The van der Waals surface area contributed by atoms with E-state index in [4.69, 9.17) is 23.2 Å². The summed E-state index contributed by atoms with van der Waals surface area (Å²) in [5, 5.41) is 0.755. The molecule has 92 valence electrons. The van der Waals surface area contributed by atoms with Crippen LogP contribution in [-0.4, -0.2) is 5.88 Å². The highest BCUT2D eigenvalue weighted by Gasteiger charge is 2.01. The molecule has 0 spiro atoms. The minimum absolute atomic E-state index is 0.619. The van der Waals surface area contributed by atoms with E-state index >= 15 is 0 Å². The third kappa shape index (κ3) is 3.63. The van der Waals surface area contributed by atoms with Gasteiger partial charge in [-0.15, -0.1) is 11.6 Å². The van der Waals surface area contributed by atoms with Crippen molar-refractivity contribution in [1.29, 1.82) is 0 Å². The van der Waals surface area contributed by atoms with Gasteiger partial charge in [-0.2, -0.15) is 0 Å². The van der Waals surface area contributed by atoms with Crippen molar-refractivity contribution in [2.24, 2.45) is 0 Å².